The smallest absolute Gasteiger partial charge is 0.222 e. The van der Waals surface area contributed by atoms with Crippen molar-refractivity contribution in [3.05, 3.63) is 90.5 Å². The number of carbonyl (C=O) groups is 1. The summed E-state index contributed by atoms with van der Waals surface area (Å²) in [6, 6.07) is 29.1. The molecule has 0 atom stereocenters. The molecule has 1 amide bonds. The molecular formula is C28H28N4O. The first kappa shape index (κ1) is 21.1. The van der Waals surface area contributed by atoms with E-state index in [0.717, 1.165) is 56.1 Å². The highest BCUT2D eigenvalue weighted by Crippen LogP contribution is 2.24. The fourth-order valence-electron chi connectivity index (χ4n) is 4.43. The third-order valence-corrected chi connectivity index (χ3v) is 6.35. The first-order valence-electron chi connectivity index (χ1n) is 11.7. The number of rotatable bonds is 6. The van der Waals surface area contributed by atoms with Crippen LogP contribution in [0.4, 0.5) is 5.82 Å². The van der Waals surface area contributed by atoms with Crippen LogP contribution in [0.3, 0.4) is 0 Å². The molecular weight excluding hydrogens is 408 g/mol. The molecule has 0 spiro atoms. The lowest BCUT2D eigenvalue weighted by atomic mass is 10.1. The van der Waals surface area contributed by atoms with E-state index in [2.05, 4.69) is 69.7 Å². The van der Waals surface area contributed by atoms with E-state index in [4.69, 9.17) is 0 Å². The van der Waals surface area contributed by atoms with Gasteiger partial charge in [0.05, 0.1) is 5.69 Å². The van der Waals surface area contributed by atoms with Crippen molar-refractivity contribution < 1.29 is 4.79 Å². The van der Waals surface area contributed by atoms with Gasteiger partial charge < -0.3 is 9.80 Å². The number of aromatic nitrogens is 2. The lowest BCUT2D eigenvalue weighted by molar-refractivity contribution is -0.131. The predicted octanol–water partition coefficient (Wildman–Crippen LogP) is 4.97. The van der Waals surface area contributed by atoms with Crippen molar-refractivity contribution in [2.45, 2.75) is 19.3 Å². The Labute approximate surface area is 194 Å². The normalized spacial score (nSPS) is 13.9. The number of benzene rings is 3. The molecule has 5 nitrogen and oxygen atoms in total. The summed E-state index contributed by atoms with van der Waals surface area (Å²) in [5.41, 5.74) is 3.23. The van der Waals surface area contributed by atoms with Crippen LogP contribution in [0.5, 0.6) is 0 Å². The van der Waals surface area contributed by atoms with Crippen LogP contribution >= 0.6 is 0 Å². The van der Waals surface area contributed by atoms with E-state index in [9.17, 15) is 4.79 Å². The minimum atomic E-state index is 0.253. The summed E-state index contributed by atoms with van der Waals surface area (Å²) in [6.45, 7) is 3.04. The summed E-state index contributed by atoms with van der Waals surface area (Å²) >= 11 is 0. The predicted molar refractivity (Wildman–Crippen MR) is 133 cm³/mol. The summed E-state index contributed by atoms with van der Waals surface area (Å²) in [5, 5.41) is 11.4. The fourth-order valence-corrected chi connectivity index (χ4v) is 4.43. The number of piperazine rings is 1. The van der Waals surface area contributed by atoms with Gasteiger partial charge in [-0.2, -0.15) is 0 Å². The van der Waals surface area contributed by atoms with E-state index in [-0.39, 0.29) is 5.91 Å². The van der Waals surface area contributed by atoms with Crippen LogP contribution in [0, 0.1) is 0 Å². The van der Waals surface area contributed by atoms with Gasteiger partial charge in [0.1, 0.15) is 0 Å². The molecule has 1 fully saturated rings. The molecule has 3 aromatic carbocycles. The van der Waals surface area contributed by atoms with E-state index in [1.165, 1.54) is 16.3 Å². The SMILES string of the molecule is O=C(CCCc1ccccc1)N1CCN(c2ccc(-c3ccc4ccccc4c3)nn2)CC1. The molecule has 1 aliphatic rings. The van der Waals surface area contributed by atoms with E-state index in [1.54, 1.807) is 0 Å². The molecule has 5 heteroatoms. The second-order valence-electron chi connectivity index (χ2n) is 8.55. The number of anilines is 1. The first-order chi connectivity index (χ1) is 16.3. The maximum Gasteiger partial charge on any atom is 0.222 e. The Morgan fingerprint density at radius 3 is 2.27 bits per heavy atom. The highest BCUT2D eigenvalue weighted by atomic mass is 16.2. The number of aryl methyl sites for hydroxylation is 1. The van der Waals surface area contributed by atoms with Crippen LogP contribution in [-0.4, -0.2) is 47.2 Å². The Morgan fingerprint density at radius 1 is 0.758 bits per heavy atom. The summed E-state index contributed by atoms with van der Waals surface area (Å²) in [7, 11) is 0. The largest absolute Gasteiger partial charge is 0.352 e. The third-order valence-electron chi connectivity index (χ3n) is 6.35. The number of hydrogen-bond acceptors (Lipinski definition) is 4. The average molecular weight is 437 g/mol. The Kier molecular flexibility index (Phi) is 6.29. The van der Waals surface area contributed by atoms with Crippen molar-refractivity contribution in [1.29, 1.82) is 0 Å². The van der Waals surface area contributed by atoms with Gasteiger partial charge in [0.2, 0.25) is 5.91 Å². The standard InChI is InChI=1S/C28H28N4O/c33-28(12-6-9-22-7-2-1-3-8-22)32-19-17-31(18-20-32)27-16-15-26(29-30-27)25-14-13-23-10-4-5-11-24(23)21-25/h1-5,7-8,10-11,13-16,21H,6,9,12,17-20H2. The molecule has 1 aliphatic heterocycles. The quantitative estimate of drug-likeness (QED) is 0.428. The number of hydrogen-bond donors (Lipinski definition) is 0. The monoisotopic (exact) mass is 436 g/mol. The topological polar surface area (TPSA) is 49.3 Å². The Bertz CT molecular complexity index is 1220. The molecule has 166 valence electrons. The molecule has 0 saturated carbocycles. The number of nitrogens with zero attached hydrogens (tertiary/aromatic N) is 4. The van der Waals surface area contributed by atoms with Gasteiger partial charge in [0.25, 0.3) is 0 Å². The number of amides is 1. The van der Waals surface area contributed by atoms with Crippen LogP contribution < -0.4 is 4.90 Å². The summed E-state index contributed by atoms with van der Waals surface area (Å²) in [6.07, 6.45) is 2.45. The number of carbonyl (C=O) groups excluding carboxylic acids is 1. The van der Waals surface area contributed by atoms with Gasteiger partial charge in [-0.25, -0.2) is 0 Å². The van der Waals surface area contributed by atoms with Gasteiger partial charge in [0.15, 0.2) is 5.82 Å². The fraction of sp³-hybridized carbons (Fsp3) is 0.250. The van der Waals surface area contributed by atoms with Crippen molar-refractivity contribution in [1.82, 2.24) is 15.1 Å². The van der Waals surface area contributed by atoms with Gasteiger partial charge in [-0.05, 0) is 47.4 Å². The van der Waals surface area contributed by atoms with Crippen LogP contribution in [0.15, 0.2) is 84.9 Å². The molecule has 33 heavy (non-hydrogen) atoms. The lowest BCUT2D eigenvalue weighted by Gasteiger charge is -2.35. The van der Waals surface area contributed by atoms with Crippen LogP contribution in [-0.2, 0) is 11.2 Å². The van der Waals surface area contributed by atoms with Gasteiger partial charge in [0, 0.05) is 38.2 Å². The molecule has 0 unspecified atom stereocenters. The van der Waals surface area contributed by atoms with Crippen molar-refractivity contribution in [3.63, 3.8) is 0 Å². The van der Waals surface area contributed by atoms with E-state index in [1.807, 2.05) is 35.2 Å². The van der Waals surface area contributed by atoms with Gasteiger partial charge in [-0.1, -0.05) is 66.7 Å². The third kappa shape index (κ3) is 5.03. The molecule has 4 aromatic rings. The Hall–Kier alpha value is -3.73. The maximum atomic E-state index is 12.6. The lowest BCUT2D eigenvalue weighted by Crippen LogP contribution is -2.49. The van der Waals surface area contributed by atoms with E-state index in [0.29, 0.717) is 6.42 Å². The average Bonchev–Trinajstić information content (AvgIpc) is 2.89. The van der Waals surface area contributed by atoms with E-state index >= 15 is 0 Å². The van der Waals surface area contributed by atoms with Crippen molar-refractivity contribution in [2.24, 2.45) is 0 Å². The van der Waals surface area contributed by atoms with E-state index < -0.39 is 0 Å². The minimum absolute atomic E-state index is 0.253. The molecule has 0 N–H and O–H groups in total. The van der Waals surface area contributed by atoms with Crippen molar-refractivity contribution >= 4 is 22.5 Å². The first-order valence-corrected chi connectivity index (χ1v) is 11.7. The molecule has 1 saturated heterocycles. The second-order valence-corrected chi connectivity index (χ2v) is 8.55. The highest BCUT2D eigenvalue weighted by Gasteiger charge is 2.21. The van der Waals surface area contributed by atoms with Gasteiger partial charge in [-0.3, -0.25) is 4.79 Å². The molecule has 1 aromatic heterocycles. The summed E-state index contributed by atoms with van der Waals surface area (Å²) in [5.74, 6) is 1.12. The zero-order chi connectivity index (χ0) is 22.5. The zero-order valence-corrected chi connectivity index (χ0v) is 18.7. The molecule has 5 rings (SSSR count). The summed E-state index contributed by atoms with van der Waals surface area (Å²) in [4.78, 5) is 16.8. The summed E-state index contributed by atoms with van der Waals surface area (Å²) < 4.78 is 0. The molecule has 2 heterocycles. The Morgan fingerprint density at radius 2 is 1.52 bits per heavy atom. The van der Waals surface area contributed by atoms with Gasteiger partial charge >= 0.3 is 0 Å². The highest BCUT2D eigenvalue weighted by molar-refractivity contribution is 5.86. The maximum absolute atomic E-state index is 12.6. The molecule has 0 aliphatic carbocycles. The zero-order valence-electron chi connectivity index (χ0n) is 18.7. The number of fused-ring (bicyclic) bond motifs is 1. The van der Waals surface area contributed by atoms with Crippen LogP contribution in [0.2, 0.25) is 0 Å². The minimum Gasteiger partial charge on any atom is -0.352 e. The van der Waals surface area contributed by atoms with Crippen LogP contribution in [0.25, 0.3) is 22.0 Å². The van der Waals surface area contributed by atoms with Crippen molar-refractivity contribution in [3.8, 4) is 11.3 Å². The Balaban J connectivity index is 1.14. The van der Waals surface area contributed by atoms with Crippen molar-refractivity contribution in [2.75, 3.05) is 31.1 Å². The molecule has 0 radical (unpaired) electrons. The van der Waals surface area contributed by atoms with Crippen LogP contribution in [0.1, 0.15) is 18.4 Å². The molecule has 0 bridgehead atoms. The second kappa shape index (κ2) is 9.82. The van der Waals surface area contributed by atoms with Gasteiger partial charge in [-0.15, -0.1) is 10.2 Å².